The molecule has 0 aliphatic rings. The zero-order chi connectivity index (χ0) is 16.3. The van der Waals surface area contributed by atoms with Crippen molar-refractivity contribution >= 4 is 23.7 Å². The van der Waals surface area contributed by atoms with Gasteiger partial charge in [-0.15, -0.1) is 0 Å². The van der Waals surface area contributed by atoms with Gasteiger partial charge in [0.1, 0.15) is 13.2 Å². The van der Waals surface area contributed by atoms with Crippen molar-refractivity contribution in [1.29, 1.82) is 0 Å². The molecule has 118 valence electrons. The molecule has 0 spiro atoms. The van der Waals surface area contributed by atoms with Gasteiger partial charge in [-0.3, -0.25) is 19.2 Å². The molecule has 9 nitrogen and oxygen atoms in total. The first-order valence-electron chi connectivity index (χ1n) is 6.10. The van der Waals surface area contributed by atoms with E-state index in [1.807, 2.05) is 0 Å². The molecule has 0 heterocycles. The second-order valence-electron chi connectivity index (χ2n) is 3.96. The maximum atomic E-state index is 11.3. The number of rotatable bonds is 9. The molecule has 3 amide bonds. The molecular formula is C12H19N3O6. The van der Waals surface area contributed by atoms with E-state index in [1.54, 1.807) is 0 Å². The van der Waals surface area contributed by atoms with Gasteiger partial charge in [0.25, 0.3) is 0 Å². The Morgan fingerprint density at radius 3 is 2.05 bits per heavy atom. The van der Waals surface area contributed by atoms with Crippen molar-refractivity contribution in [2.75, 3.05) is 32.8 Å². The van der Waals surface area contributed by atoms with E-state index >= 15 is 0 Å². The smallest absolute Gasteiger partial charge is 0.325 e. The summed E-state index contributed by atoms with van der Waals surface area (Å²) in [5, 5.41) is 15.2. The van der Waals surface area contributed by atoms with Crippen molar-refractivity contribution in [3.8, 4) is 0 Å². The number of hydrogen-bond donors (Lipinski definition) is 4. The number of aliphatic hydroxyl groups excluding tert-OH is 1. The van der Waals surface area contributed by atoms with Crippen LogP contribution in [-0.2, 0) is 23.9 Å². The summed E-state index contributed by atoms with van der Waals surface area (Å²) in [6.45, 7) is 3.48. The molecule has 0 saturated carbocycles. The molecule has 0 bridgehead atoms. The van der Waals surface area contributed by atoms with Crippen molar-refractivity contribution in [2.45, 2.75) is 6.92 Å². The van der Waals surface area contributed by atoms with Gasteiger partial charge in [-0.05, 0) is 6.92 Å². The van der Waals surface area contributed by atoms with Crippen LogP contribution in [0.2, 0.25) is 0 Å². The number of aliphatic hydroxyl groups is 1. The first kappa shape index (κ1) is 18.6. The average Bonchev–Trinajstić information content (AvgIpc) is 2.45. The first-order valence-corrected chi connectivity index (χ1v) is 6.10. The summed E-state index contributed by atoms with van der Waals surface area (Å²) in [6, 6.07) is 0. The Hall–Kier alpha value is -2.42. The summed E-state index contributed by atoms with van der Waals surface area (Å²) < 4.78 is 4.51. The van der Waals surface area contributed by atoms with Crippen LogP contribution in [0.15, 0.2) is 12.2 Å². The summed E-state index contributed by atoms with van der Waals surface area (Å²) in [7, 11) is 0. The number of ether oxygens (including phenoxy) is 1. The molecule has 0 aliphatic carbocycles. The number of amides is 3. The molecular weight excluding hydrogens is 282 g/mol. The van der Waals surface area contributed by atoms with Gasteiger partial charge in [0.15, 0.2) is 0 Å². The summed E-state index contributed by atoms with van der Waals surface area (Å²) in [5.74, 6) is -2.29. The van der Waals surface area contributed by atoms with E-state index in [0.29, 0.717) is 0 Å². The number of hydrogen-bond acceptors (Lipinski definition) is 6. The third-order valence-electron chi connectivity index (χ3n) is 2.03. The molecule has 0 rings (SSSR count). The molecule has 0 saturated heterocycles. The van der Waals surface area contributed by atoms with Crippen LogP contribution in [-0.4, -0.2) is 61.6 Å². The minimum Gasteiger partial charge on any atom is -0.462 e. The lowest BCUT2D eigenvalue weighted by Crippen LogP contribution is -2.43. The fraction of sp³-hybridized carbons (Fsp3) is 0.500. The lowest BCUT2D eigenvalue weighted by Gasteiger charge is -2.07. The number of nitrogens with one attached hydrogen (secondary N) is 3. The van der Waals surface area contributed by atoms with Gasteiger partial charge >= 0.3 is 5.97 Å². The van der Waals surface area contributed by atoms with E-state index in [1.165, 1.54) is 6.92 Å². The van der Waals surface area contributed by atoms with Crippen LogP contribution >= 0.6 is 0 Å². The SMILES string of the molecule is C=C(C)C(=O)NCC(=O)NCC(=O)NCC(=O)OCCO. The Balaban J connectivity index is 3.77. The highest BCUT2D eigenvalue weighted by Crippen LogP contribution is 1.84. The largest absolute Gasteiger partial charge is 0.462 e. The third-order valence-corrected chi connectivity index (χ3v) is 2.03. The molecule has 0 aromatic carbocycles. The minimum absolute atomic E-state index is 0.145. The molecule has 9 heteroatoms. The Kier molecular flexibility index (Phi) is 9.18. The Morgan fingerprint density at radius 2 is 1.52 bits per heavy atom. The lowest BCUT2D eigenvalue weighted by atomic mass is 10.3. The van der Waals surface area contributed by atoms with E-state index in [-0.39, 0.29) is 38.4 Å². The van der Waals surface area contributed by atoms with Gasteiger partial charge in [-0.1, -0.05) is 6.58 Å². The van der Waals surface area contributed by atoms with Crippen LogP contribution in [0.3, 0.4) is 0 Å². The standard InChI is InChI=1S/C12H19N3O6/c1-8(2)12(20)15-6-10(18)13-5-9(17)14-7-11(19)21-4-3-16/h16H,1,3-7H2,2H3,(H,13,18)(H,14,17)(H,15,20). The molecule has 0 unspecified atom stereocenters. The molecule has 0 fully saturated rings. The van der Waals surface area contributed by atoms with Crippen LogP contribution in [0, 0.1) is 0 Å². The second-order valence-corrected chi connectivity index (χ2v) is 3.96. The van der Waals surface area contributed by atoms with Crippen LogP contribution in [0.5, 0.6) is 0 Å². The topological polar surface area (TPSA) is 134 Å². The van der Waals surface area contributed by atoms with Gasteiger partial charge < -0.3 is 25.8 Å². The van der Waals surface area contributed by atoms with Gasteiger partial charge in [-0.2, -0.15) is 0 Å². The van der Waals surface area contributed by atoms with E-state index in [4.69, 9.17) is 5.11 Å². The quantitative estimate of drug-likeness (QED) is 0.273. The van der Waals surface area contributed by atoms with Crippen LogP contribution < -0.4 is 16.0 Å². The number of carbonyl (C=O) groups excluding carboxylic acids is 4. The maximum absolute atomic E-state index is 11.3. The zero-order valence-corrected chi connectivity index (χ0v) is 11.7. The van der Waals surface area contributed by atoms with Crippen LogP contribution in [0.1, 0.15) is 6.92 Å². The van der Waals surface area contributed by atoms with E-state index in [9.17, 15) is 19.2 Å². The Labute approximate surface area is 121 Å². The predicted octanol–water partition coefficient (Wildman–Crippen LogP) is -2.55. The fourth-order valence-corrected chi connectivity index (χ4v) is 0.997. The van der Waals surface area contributed by atoms with Crippen LogP contribution in [0.4, 0.5) is 0 Å². The number of esters is 1. The molecule has 0 atom stereocenters. The maximum Gasteiger partial charge on any atom is 0.325 e. The molecule has 0 aliphatic heterocycles. The summed E-state index contributed by atoms with van der Waals surface area (Å²) >= 11 is 0. The molecule has 0 aromatic rings. The Bertz CT molecular complexity index is 421. The van der Waals surface area contributed by atoms with Gasteiger partial charge in [0.2, 0.25) is 17.7 Å². The van der Waals surface area contributed by atoms with E-state index < -0.39 is 23.7 Å². The average molecular weight is 301 g/mol. The molecule has 0 radical (unpaired) electrons. The van der Waals surface area contributed by atoms with Gasteiger partial charge in [-0.25, -0.2) is 0 Å². The lowest BCUT2D eigenvalue weighted by molar-refractivity contribution is -0.144. The van der Waals surface area contributed by atoms with Crippen molar-refractivity contribution in [2.24, 2.45) is 0 Å². The van der Waals surface area contributed by atoms with Crippen molar-refractivity contribution in [3.63, 3.8) is 0 Å². The van der Waals surface area contributed by atoms with Crippen molar-refractivity contribution in [3.05, 3.63) is 12.2 Å². The first-order chi connectivity index (χ1) is 9.86. The van der Waals surface area contributed by atoms with E-state index in [0.717, 1.165) is 0 Å². The van der Waals surface area contributed by atoms with Crippen molar-refractivity contribution in [1.82, 2.24) is 16.0 Å². The third kappa shape index (κ3) is 10.1. The second kappa shape index (κ2) is 10.4. The molecule has 4 N–H and O–H groups in total. The highest BCUT2D eigenvalue weighted by Gasteiger charge is 2.09. The zero-order valence-electron chi connectivity index (χ0n) is 11.7. The molecule has 0 aromatic heterocycles. The summed E-state index contributed by atoms with van der Waals surface area (Å²) in [4.78, 5) is 44.7. The van der Waals surface area contributed by atoms with Crippen LogP contribution in [0.25, 0.3) is 0 Å². The highest BCUT2D eigenvalue weighted by molar-refractivity contribution is 5.95. The fourth-order valence-electron chi connectivity index (χ4n) is 0.997. The van der Waals surface area contributed by atoms with Gasteiger partial charge in [0.05, 0.1) is 19.7 Å². The predicted molar refractivity (Wildman–Crippen MR) is 71.9 cm³/mol. The van der Waals surface area contributed by atoms with Crippen molar-refractivity contribution < 1.29 is 29.0 Å². The van der Waals surface area contributed by atoms with E-state index in [2.05, 4.69) is 27.3 Å². The van der Waals surface area contributed by atoms with Gasteiger partial charge in [0, 0.05) is 5.57 Å². The summed E-state index contributed by atoms with van der Waals surface area (Å²) in [5.41, 5.74) is 0.266. The Morgan fingerprint density at radius 1 is 1.00 bits per heavy atom. The minimum atomic E-state index is -0.697. The monoisotopic (exact) mass is 301 g/mol. The normalized spacial score (nSPS) is 9.43. The molecule has 21 heavy (non-hydrogen) atoms. The summed E-state index contributed by atoms with van der Waals surface area (Å²) in [6.07, 6.45) is 0. The number of carbonyl (C=O) groups is 4. The highest BCUT2D eigenvalue weighted by atomic mass is 16.5.